The number of hydrogen-bond donors (Lipinski definition) is 2. The van der Waals surface area contributed by atoms with Gasteiger partial charge >= 0.3 is 5.97 Å². The fourth-order valence-electron chi connectivity index (χ4n) is 2.14. The molecule has 0 saturated carbocycles. The lowest BCUT2D eigenvalue weighted by Crippen LogP contribution is -2.31. The molecule has 1 atom stereocenters. The molecule has 0 fully saturated rings. The van der Waals surface area contributed by atoms with Crippen LogP contribution in [0.4, 0.5) is 4.39 Å². The summed E-state index contributed by atoms with van der Waals surface area (Å²) in [5.41, 5.74) is 0.361. The molecule has 0 bridgehead atoms. The number of aliphatic carboxylic acids is 1. The van der Waals surface area contributed by atoms with Gasteiger partial charge in [0, 0.05) is 12.6 Å². The molecule has 9 heteroatoms. The lowest BCUT2D eigenvalue weighted by atomic mass is 10.0. The van der Waals surface area contributed by atoms with Crippen LogP contribution in [0.1, 0.15) is 23.7 Å². The van der Waals surface area contributed by atoms with Crippen LogP contribution in [0.25, 0.3) is 0 Å². The van der Waals surface area contributed by atoms with Crippen LogP contribution in [0.3, 0.4) is 0 Å². The van der Waals surface area contributed by atoms with E-state index in [4.69, 9.17) is 5.11 Å². The second-order valence-electron chi connectivity index (χ2n) is 5.01. The Balaban J connectivity index is 2.40. The van der Waals surface area contributed by atoms with E-state index in [1.165, 1.54) is 22.9 Å². The normalized spacial score (nSPS) is 13.0. The highest BCUT2D eigenvalue weighted by atomic mass is 32.2. The van der Waals surface area contributed by atoms with Crippen LogP contribution in [0, 0.1) is 12.7 Å². The maximum absolute atomic E-state index is 13.9. The molecule has 7 nitrogen and oxygen atoms in total. The smallest absolute Gasteiger partial charge is 0.305 e. The fourth-order valence-corrected chi connectivity index (χ4v) is 3.56. The average molecular weight is 341 g/mol. The number of carboxylic acids is 1. The molecule has 0 amide bonds. The molecule has 0 spiro atoms. The summed E-state index contributed by atoms with van der Waals surface area (Å²) < 4.78 is 42.5. The Bertz CT molecular complexity index is 832. The van der Waals surface area contributed by atoms with E-state index in [2.05, 4.69) is 9.82 Å². The summed E-state index contributed by atoms with van der Waals surface area (Å²) in [5, 5.41) is 12.8. The monoisotopic (exact) mass is 341 g/mol. The first-order valence-electron chi connectivity index (χ1n) is 6.69. The van der Waals surface area contributed by atoms with E-state index >= 15 is 0 Å². The molecule has 0 saturated heterocycles. The summed E-state index contributed by atoms with van der Waals surface area (Å²) in [6, 6.07) is 4.22. The first-order chi connectivity index (χ1) is 10.7. The molecule has 2 aromatic rings. The number of carbonyl (C=O) groups is 1. The van der Waals surface area contributed by atoms with Gasteiger partial charge in [0.15, 0.2) is 0 Å². The van der Waals surface area contributed by atoms with Gasteiger partial charge in [0.25, 0.3) is 0 Å². The topological polar surface area (TPSA) is 101 Å². The van der Waals surface area contributed by atoms with Crippen molar-refractivity contribution in [2.45, 2.75) is 24.3 Å². The van der Waals surface area contributed by atoms with Crippen LogP contribution in [-0.4, -0.2) is 29.3 Å². The average Bonchev–Trinajstić information content (AvgIpc) is 2.78. The molecule has 2 rings (SSSR count). The van der Waals surface area contributed by atoms with E-state index in [1.807, 2.05) is 0 Å². The minimum atomic E-state index is -4.04. The third-order valence-corrected chi connectivity index (χ3v) is 5.01. The van der Waals surface area contributed by atoms with Crippen molar-refractivity contribution in [3.05, 3.63) is 47.5 Å². The van der Waals surface area contributed by atoms with Crippen molar-refractivity contribution in [1.82, 2.24) is 14.5 Å². The van der Waals surface area contributed by atoms with Gasteiger partial charge in [-0.25, -0.2) is 17.5 Å². The number of hydrogen-bond acceptors (Lipinski definition) is 4. The van der Waals surface area contributed by atoms with E-state index in [1.54, 1.807) is 14.0 Å². The Morgan fingerprint density at radius 1 is 1.43 bits per heavy atom. The number of rotatable bonds is 6. The van der Waals surface area contributed by atoms with Crippen LogP contribution in [0.5, 0.6) is 0 Å². The van der Waals surface area contributed by atoms with Gasteiger partial charge < -0.3 is 5.11 Å². The first kappa shape index (κ1) is 17.1. The van der Waals surface area contributed by atoms with Crippen molar-refractivity contribution >= 4 is 16.0 Å². The van der Waals surface area contributed by atoms with Gasteiger partial charge in [-0.3, -0.25) is 9.48 Å². The van der Waals surface area contributed by atoms with Gasteiger partial charge in [0.2, 0.25) is 10.0 Å². The van der Waals surface area contributed by atoms with Crippen LogP contribution in [0.15, 0.2) is 35.4 Å². The van der Waals surface area contributed by atoms with Crippen molar-refractivity contribution in [3.63, 3.8) is 0 Å². The van der Waals surface area contributed by atoms with Crippen molar-refractivity contribution in [1.29, 1.82) is 0 Å². The summed E-state index contributed by atoms with van der Waals surface area (Å²) in [6.07, 6.45) is 0.580. The lowest BCUT2D eigenvalue weighted by molar-refractivity contribution is -0.137. The van der Waals surface area contributed by atoms with Gasteiger partial charge in [-0.2, -0.15) is 5.10 Å². The fraction of sp³-hybridized carbons (Fsp3) is 0.286. The zero-order chi connectivity index (χ0) is 17.2. The number of aromatic nitrogens is 2. The standard InChI is InChI=1S/C14H16FN3O4S/c1-9-13(8-16-18(9)2)23(21,22)17-12(7-14(19)20)10-5-3-4-6-11(10)15/h3-6,8,12,17H,7H2,1-2H3,(H,19,20). The summed E-state index contributed by atoms with van der Waals surface area (Å²) in [6.45, 7) is 1.57. The molecule has 0 radical (unpaired) electrons. The molecule has 1 aromatic carbocycles. The number of carboxylic acid groups (broad SMARTS) is 1. The van der Waals surface area contributed by atoms with E-state index in [9.17, 15) is 17.6 Å². The SMILES string of the molecule is Cc1c(S(=O)(=O)NC(CC(=O)O)c2ccccc2F)cnn1C. The Morgan fingerprint density at radius 3 is 2.61 bits per heavy atom. The highest BCUT2D eigenvalue weighted by Crippen LogP contribution is 2.23. The van der Waals surface area contributed by atoms with Crippen molar-refractivity contribution < 1.29 is 22.7 Å². The molecular formula is C14H16FN3O4S. The summed E-state index contributed by atoms with van der Waals surface area (Å²) in [7, 11) is -2.46. The van der Waals surface area contributed by atoms with Gasteiger partial charge in [-0.05, 0) is 13.0 Å². The first-order valence-corrected chi connectivity index (χ1v) is 8.18. The number of benzene rings is 1. The van der Waals surface area contributed by atoms with Gasteiger partial charge in [-0.15, -0.1) is 0 Å². The molecule has 1 aromatic heterocycles. The summed E-state index contributed by atoms with van der Waals surface area (Å²) >= 11 is 0. The largest absolute Gasteiger partial charge is 0.481 e. The lowest BCUT2D eigenvalue weighted by Gasteiger charge is -2.18. The number of aryl methyl sites for hydroxylation is 1. The summed E-state index contributed by atoms with van der Waals surface area (Å²) in [5.74, 6) is -1.92. The highest BCUT2D eigenvalue weighted by Gasteiger charge is 2.27. The van der Waals surface area contributed by atoms with Crippen molar-refractivity contribution in [2.75, 3.05) is 0 Å². The summed E-state index contributed by atoms with van der Waals surface area (Å²) in [4.78, 5) is 10.9. The quantitative estimate of drug-likeness (QED) is 0.826. The predicted octanol–water partition coefficient (Wildman–Crippen LogP) is 1.36. The Labute approximate surface area is 132 Å². The predicted molar refractivity (Wildman–Crippen MR) is 79.7 cm³/mol. The number of sulfonamides is 1. The van der Waals surface area contributed by atoms with Crippen molar-refractivity contribution in [3.8, 4) is 0 Å². The zero-order valence-corrected chi connectivity index (χ0v) is 13.3. The third kappa shape index (κ3) is 3.74. The molecule has 124 valence electrons. The maximum Gasteiger partial charge on any atom is 0.305 e. The molecule has 23 heavy (non-hydrogen) atoms. The second-order valence-corrected chi connectivity index (χ2v) is 6.69. The van der Waals surface area contributed by atoms with Crippen molar-refractivity contribution in [2.24, 2.45) is 7.05 Å². The van der Waals surface area contributed by atoms with Gasteiger partial charge in [0.05, 0.1) is 24.4 Å². The minimum Gasteiger partial charge on any atom is -0.481 e. The highest BCUT2D eigenvalue weighted by molar-refractivity contribution is 7.89. The molecule has 1 heterocycles. The Hall–Kier alpha value is -2.26. The molecule has 2 N–H and O–H groups in total. The van der Waals surface area contributed by atoms with Crippen LogP contribution >= 0.6 is 0 Å². The Kier molecular flexibility index (Phi) is 4.81. The molecule has 0 aliphatic carbocycles. The van der Waals surface area contributed by atoms with Gasteiger partial charge in [-0.1, -0.05) is 18.2 Å². The van der Waals surface area contributed by atoms with E-state index in [0.717, 1.165) is 12.3 Å². The molecule has 0 aliphatic heterocycles. The van der Waals surface area contributed by atoms with E-state index in [0.29, 0.717) is 5.69 Å². The second kappa shape index (κ2) is 6.47. The van der Waals surface area contributed by atoms with Gasteiger partial charge in [0.1, 0.15) is 10.7 Å². The van der Waals surface area contributed by atoms with Crippen LogP contribution in [0.2, 0.25) is 0 Å². The van der Waals surface area contributed by atoms with E-state index < -0.39 is 34.3 Å². The zero-order valence-electron chi connectivity index (χ0n) is 12.5. The number of nitrogens with one attached hydrogen (secondary N) is 1. The molecular weight excluding hydrogens is 325 g/mol. The van der Waals surface area contributed by atoms with Crippen LogP contribution < -0.4 is 4.72 Å². The number of halogens is 1. The molecule has 1 unspecified atom stereocenters. The number of nitrogens with zero attached hydrogens (tertiary/aromatic N) is 2. The minimum absolute atomic E-state index is 0.0278. The maximum atomic E-state index is 13.9. The Morgan fingerprint density at radius 2 is 2.09 bits per heavy atom. The third-order valence-electron chi connectivity index (χ3n) is 3.44. The molecule has 0 aliphatic rings. The van der Waals surface area contributed by atoms with Crippen LogP contribution in [-0.2, 0) is 21.9 Å². The van der Waals surface area contributed by atoms with E-state index in [-0.39, 0.29) is 10.5 Å².